The van der Waals surface area contributed by atoms with Crippen molar-refractivity contribution in [1.82, 2.24) is 15.1 Å². The summed E-state index contributed by atoms with van der Waals surface area (Å²) in [7, 11) is 0. The van der Waals surface area contributed by atoms with Crippen LogP contribution in [0, 0.1) is 0 Å². The molecule has 2 aliphatic heterocycles. The zero-order valence-electron chi connectivity index (χ0n) is 8.32. The van der Waals surface area contributed by atoms with E-state index in [0.29, 0.717) is 5.41 Å². The van der Waals surface area contributed by atoms with Crippen LogP contribution in [0.4, 0.5) is 0 Å². The fourth-order valence-corrected chi connectivity index (χ4v) is 2.92. The van der Waals surface area contributed by atoms with Crippen LogP contribution in [0.2, 0.25) is 0 Å². The molecule has 0 N–H and O–H groups in total. The SMILES string of the molecule is c1cnnc(C23CCCN(CC2)C3)c1. The molecular weight excluding hydrogens is 174 g/mol. The fourth-order valence-electron chi connectivity index (χ4n) is 2.92. The molecule has 0 saturated carbocycles. The molecule has 2 bridgehead atoms. The lowest BCUT2D eigenvalue weighted by atomic mass is 9.78. The molecule has 3 heteroatoms. The van der Waals surface area contributed by atoms with Gasteiger partial charge >= 0.3 is 0 Å². The van der Waals surface area contributed by atoms with Gasteiger partial charge in [0.2, 0.25) is 0 Å². The van der Waals surface area contributed by atoms with Gasteiger partial charge in [-0.05, 0) is 44.5 Å². The Labute approximate surface area is 84.1 Å². The minimum atomic E-state index is 0.340. The van der Waals surface area contributed by atoms with Crippen molar-refractivity contribution in [2.24, 2.45) is 0 Å². The van der Waals surface area contributed by atoms with Gasteiger partial charge in [-0.1, -0.05) is 0 Å². The Morgan fingerprint density at radius 1 is 1.29 bits per heavy atom. The second-order valence-corrected chi connectivity index (χ2v) is 4.52. The van der Waals surface area contributed by atoms with Crippen LogP contribution in [-0.4, -0.2) is 34.7 Å². The second kappa shape index (κ2) is 3.02. The summed E-state index contributed by atoms with van der Waals surface area (Å²) in [6, 6.07) is 4.15. The average Bonchev–Trinajstić information content (AvgIpc) is 2.57. The molecule has 1 aromatic heterocycles. The third kappa shape index (κ3) is 1.16. The Hall–Kier alpha value is -0.960. The largest absolute Gasteiger partial charge is 0.302 e. The van der Waals surface area contributed by atoms with Crippen LogP contribution in [-0.2, 0) is 5.41 Å². The minimum absolute atomic E-state index is 0.340. The van der Waals surface area contributed by atoms with Crippen LogP contribution in [0.5, 0.6) is 0 Å². The molecule has 2 aliphatic rings. The van der Waals surface area contributed by atoms with Crippen molar-refractivity contribution in [3.8, 4) is 0 Å². The molecule has 2 unspecified atom stereocenters. The zero-order valence-corrected chi connectivity index (χ0v) is 8.32. The van der Waals surface area contributed by atoms with Crippen LogP contribution in [0.25, 0.3) is 0 Å². The van der Waals surface area contributed by atoms with Gasteiger partial charge in [-0.15, -0.1) is 0 Å². The summed E-state index contributed by atoms with van der Waals surface area (Å²) in [5, 5.41) is 8.30. The van der Waals surface area contributed by atoms with Gasteiger partial charge in [-0.25, -0.2) is 0 Å². The zero-order chi connectivity index (χ0) is 9.43. The number of nitrogens with zero attached hydrogens (tertiary/aromatic N) is 3. The lowest BCUT2D eigenvalue weighted by Gasteiger charge is -2.32. The van der Waals surface area contributed by atoms with Gasteiger partial charge in [0.05, 0.1) is 5.69 Å². The van der Waals surface area contributed by atoms with Crippen molar-refractivity contribution in [3.63, 3.8) is 0 Å². The van der Waals surface area contributed by atoms with E-state index in [1.54, 1.807) is 6.20 Å². The van der Waals surface area contributed by atoms with Crippen LogP contribution in [0.15, 0.2) is 18.3 Å². The predicted octanol–water partition coefficient (Wildman–Crippen LogP) is 1.21. The Bertz CT molecular complexity index is 321. The number of aromatic nitrogens is 2. The summed E-state index contributed by atoms with van der Waals surface area (Å²) < 4.78 is 0. The van der Waals surface area contributed by atoms with Gasteiger partial charge in [-0.2, -0.15) is 10.2 Å². The van der Waals surface area contributed by atoms with Crippen LogP contribution >= 0.6 is 0 Å². The predicted molar refractivity (Wildman–Crippen MR) is 54.0 cm³/mol. The van der Waals surface area contributed by atoms with E-state index in [-0.39, 0.29) is 0 Å². The van der Waals surface area contributed by atoms with Gasteiger partial charge in [0, 0.05) is 18.2 Å². The molecule has 0 radical (unpaired) electrons. The van der Waals surface area contributed by atoms with E-state index in [4.69, 9.17) is 0 Å². The Balaban J connectivity index is 1.97. The highest BCUT2D eigenvalue weighted by atomic mass is 15.2. The second-order valence-electron chi connectivity index (χ2n) is 4.52. The van der Waals surface area contributed by atoms with Crippen molar-refractivity contribution in [1.29, 1.82) is 0 Å². The number of hydrogen-bond donors (Lipinski definition) is 0. The first-order valence-electron chi connectivity index (χ1n) is 5.40. The van der Waals surface area contributed by atoms with E-state index < -0.39 is 0 Å². The van der Waals surface area contributed by atoms with E-state index in [1.165, 1.54) is 44.6 Å². The Kier molecular flexibility index (Phi) is 1.80. The highest BCUT2D eigenvalue weighted by Gasteiger charge is 2.43. The quantitative estimate of drug-likeness (QED) is 0.665. The van der Waals surface area contributed by atoms with E-state index in [9.17, 15) is 0 Å². The number of rotatable bonds is 1. The van der Waals surface area contributed by atoms with Gasteiger partial charge in [-0.3, -0.25) is 0 Å². The normalized spacial score (nSPS) is 35.9. The number of hydrogen-bond acceptors (Lipinski definition) is 3. The summed E-state index contributed by atoms with van der Waals surface area (Å²) in [4.78, 5) is 2.55. The van der Waals surface area contributed by atoms with Gasteiger partial charge in [0.25, 0.3) is 0 Å². The summed E-state index contributed by atoms with van der Waals surface area (Å²) in [6.07, 6.45) is 5.64. The molecule has 3 rings (SSSR count). The molecule has 2 fully saturated rings. The maximum atomic E-state index is 4.30. The van der Waals surface area contributed by atoms with Gasteiger partial charge < -0.3 is 4.90 Å². The van der Waals surface area contributed by atoms with Crippen molar-refractivity contribution in [2.75, 3.05) is 19.6 Å². The Morgan fingerprint density at radius 2 is 2.29 bits per heavy atom. The lowest BCUT2D eigenvalue weighted by molar-refractivity contribution is 0.239. The number of fused-ring (bicyclic) bond motifs is 2. The van der Waals surface area contributed by atoms with Gasteiger partial charge in [0.1, 0.15) is 0 Å². The Morgan fingerprint density at radius 3 is 3.14 bits per heavy atom. The maximum absolute atomic E-state index is 4.30. The van der Waals surface area contributed by atoms with Crippen LogP contribution in [0.3, 0.4) is 0 Å². The summed E-state index contributed by atoms with van der Waals surface area (Å²) in [5.41, 5.74) is 1.55. The van der Waals surface area contributed by atoms with Crippen molar-refractivity contribution in [2.45, 2.75) is 24.7 Å². The average molecular weight is 189 g/mol. The van der Waals surface area contributed by atoms with Crippen molar-refractivity contribution >= 4 is 0 Å². The van der Waals surface area contributed by atoms with E-state index in [2.05, 4.69) is 21.2 Å². The van der Waals surface area contributed by atoms with Crippen molar-refractivity contribution < 1.29 is 0 Å². The fraction of sp³-hybridized carbons (Fsp3) is 0.636. The van der Waals surface area contributed by atoms with Crippen LogP contribution < -0.4 is 0 Å². The summed E-state index contributed by atoms with van der Waals surface area (Å²) >= 11 is 0. The highest BCUT2D eigenvalue weighted by Crippen LogP contribution is 2.40. The smallest absolute Gasteiger partial charge is 0.0706 e. The molecule has 2 saturated heterocycles. The monoisotopic (exact) mass is 189 g/mol. The molecule has 2 atom stereocenters. The third-order valence-electron chi connectivity index (χ3n) is 3.68. The first-order valence-corrected chi connectivity index (χ1v) is 5.40. The molecular formula is C11H15N3. The van der Waals surface area contributed by atoms with E-state index in [0.717, 1.165) is 0 Å². The molecule has 0 spiro atoms. The molecule has 74 valence electrons. The molecule has 3 nitrogen and oxygen atoms in total. The molecule has 14 heavy (non-hydrogen) atoms. The standard InChI is InChI=1S/C11H15N3/c1-3-10(13-12-6-1)11-4-2-7-14(9-11)8-5-11/h1,3,6H,2,4-5,7-9H2. The summed E-state index contributed by atoms with van der Waals surface area (Å²) in [5.74, 6) is 0. The minimum Gasteiger partial charge on any atom is -0.302 e. The molecule has 3 heterocycles. The van der Waals surface area contributed by atoms with E-state index in [1.807, 2.05) is 6.07 Å². The third-order valence-corrected chi connectivity index (χ3v) is 3.68. The maximum Gasteiger partial charge on any atom is 0.0706 e. The molecule has 1 aromatic rings. The van der Waals surface area contributed by atoms with Gasteiger partial charge in [0.15, 0.2) is 0 Å². The topological polar surface area (TPSA) is 29.0 Å². The van der Waals surface area contributed by atoms with E-state index >= 15 is 0 Å². The van der Waals surface area contributed by atoms with Crippen molar-refractivity contribution in [3.05, 3.63) is 24.0 Å². The highest BCUT2D eigenvalue weighted by molar-refractivity contribution is 5.19. The first kappa shape index (κ1) is 8.36. The van der Waals surface area contributed by atoms with Crippen LogP contribution in [0.1, 0.15) is 25.0 Å². The molecule has 0 aliphatic carbocycles. The first-order chi connectivity index (χ1) is 6.89. The molecule has 0 aromatic carbocycles. The lowest BCUT2D eigenvalue weighted by Crippen LogP contribution is -2.37. The molecule has 0 amide bonds. The summed E-state index contributed by atoms with van der Waals surface area (Å²) in [6.45, 7) is 3.73. The number of piperidine rings is 1.